The lowest BCUT2D eigenvalue weighted by Crippen LogP contribution is -2.38. The Morgan fingerprint density at radius 1 is 1.26 bits per heavy atom. The van der Waals surface area contributed by atoms with Crippen molar-refractivity contribution in [2.24, 2.45) is 5.92 Å². The van der Waals surface area contributed by atoms with Gasteiger partial charge >= 0.3 is 6.09 Å². The van der Waals surface area contributed by atoms with Crippen molar-refractivity contribution in [2.45, 2.75) is 32.2 Å². The predicted molar refractivity (Wildman–Crippen MR) is 124 cm³/mol. The fraction of sp³-hybridized carbons (Fsp3) is 0.417. The van der Waals surface area contributed by atoms with E-state index >= 15 is 0 Å². The summed E-state index contributed by atoms with van der Waals surface area (Å²) < 4.78 is 11.5. The van der Waals surface area contributed by atoms with Gasteiger partial charge in [-0.3, -0.25) is 4.79 Å². The van der Waals surface area contributed by atoms with E-state index in [2.05, 4.69) is 20.3 Å². The summed E-state index contributed by atoms with van der Waals surface area (Å²) in [6.45, 7) is 3.14. The Bertz CT molecular complexity index is 1250. The van der Waals surface area contributed by atoms with Crippen molar-refractivity contribution in [1.29, 1.82) is 0 Å². The molecule has 2 fully saturated rings. The molecule has 3 aromatic rings. The van der Waals surface area contributed by atoms with Crippen LogP contribution in [0, 0.1) is 12.8 Å². The second-order valence-corrected chi connectivity index (χ2v) is 8.88. The molecule has 34 heavy (non-hydrogen) atoms. The van der Waals surface area contributed by atoms with E-state index in [9.17, 15) is 14.7 Å². The number of ether oxygens (including phenoxy) is 2. The van der Waals surface area contributed by atoms with Gasteiger partial charge in [-0.2, -0.15) is 0 Å². The monoisotopic (exact) mass is 465 g/mol. The molecule has 1 aliphatic carbocycles. The summed E-state index contributed by atoms with van der Waals surface area (Å²) in [6, 6.07) is 5.36. The van der Waals surface area contributed by atoms with Crippen molar-refractivity contribution in [3.8, 4) is 22.8 Å². The molecule has 10 heteroatoms. The van der Waals surface area contributed by atoms with Gasteiger partial charge in [-0.1, -0.05) is 0 Å². The van der Waals surface area contributed by atoms with Gasteiger partial charge in [0.05, 0.1) is 24.8 Å². The number of likely N-dealkylation sites (tertiary alicyclic amines) is 1. The van der Waals surface area contributed by atoms with Crippen molar-refractivity contribution in [3.63, 3.8) is 0 Å². The number of rotatable bonds is 7. The topological polar surface area (TPSA) is 130 Å². The molecule has 2 amide bonds. The van der Waals surface area contributed by atoms with E-state index in [1.807, 2.05) is 25.1 Å². The van der Waals surface area contributed by atoms with Crippen LogP contribution in [-0.2, 0) is 0 Å². The molecule has 3 heterocycles. The molecule has 1 saturated carbocycles. The summed E-state index contributed by atoms with van der Waals surface area (Å²) in [4.78, 5) is 37.9. The first-order chi connectivity index (χ1) is 16.4. The van der Waals surface area contributed by atoms with Crippen LogP contribution < -0.4 is 14.8 Å². The van der Waals surface area contributed by atoms with Crippen molar-refractivity contribution in [1.82, 2.24) is 25.2 Å². The van der Waals surface area contributed by atoms with Crippen LogP contribution in [0.1, 0.15) is 35.3 Å². The van der Waals surface area contributed by atoms with Crippen molar-refractivity contribution in [2.75, 3.05) is 26.8 Å². The fourth-order valence-electron chi connectivity index (χ4n) is 4.35. The molecule has 10 nitrogen and oxygen atoms in total. The zero-order valence-electron chi connectivity index (χ0n) is 19.1. The van der Waals surface area contributed by atoms with Crippen LogP contribution in [0.3, 0.4) is 0 Å². The second-order valence-electron chi connectivity index (χ2n) is 8.88. The minimum atomic E-state index is -0.976. The lowest BCUT2D eigenvalue weighted by Gasteiger charge is -2.14. The van der Waals surface area contributed by atoms with E-state index < -0.39 is 6.09 Å². The van der Waals surface area contributed by atoms with E-state index in [0.29, 0.717) is 65.0 Å². The van der Waals surface area contributed by atoms with Gasteiger partial charge in [0.1, 0.15) is 29.0 Å². The zero-order valence-corrected chi connectivity index (χ0v) is 19.1. The third-order valence-corrected chi connectivity index (χ3v) is 6.41. The van der Waals surface area contributed by atoms with Gasteiger partial charge in [0.2, 0.25) is 0 Å². The maximum absolute atomic E-state index is 13.2. The predicted octanol–water partition coefficient (Wildman–Crippen LogP) is 3.21. The molecule has 1 aromatic carbocycles. The molecule has 1 saturated heterocycles. The lowest BCUT2D eigenvalue weighted by atomic mass is 10.1. The molecule has 3 N–H and O–H groups in total. The van der Waals surface area contributed by atoms with Gasteiger partial charge < -0.3 is 29.8 Å². The number of amides is 2. The number of carboxylic acid groups (broad SMARTS) is 1. The summed E-state index contributed by atoms with van der Waals surface area (Å²) in [5, 5.41) is 12.1. The number of aromatic nitrogens is 3. The third kappa shape index (κ3) is 4.23. The normalized spacial score (nSPS) is 17.7. The van der Waals surface area contributed by atoms with Gasteiger partial charge in [-0.15, -0.1) is 0 Å². The first-order valence-corrected chi connectivity index (χ1v) is 11.4. The lowest BCUT2D eigenvalue weighted by molar-refractivity contribution is 0.0936. The number of fused-ring (bicyclic) bond motifs is 1. The smallest absolute Gasteiger partial charge is 0.407 e. The van der Waals surface area contributed by atoms with E-state index in [-0.39, 0.29) is 18.5 Å². The van der Waals surface area contributed by atoms with Crippen LogP contribution in [0.4, 0.5) is 4.79 Å². The van der Waals surface area contributed by atoms with Crippen LogP contribution >= 0.6 is 0 Å². The Kier molecular flexibility index (Phi) is 5.72. The molecule has 178 valence electrons. The number of hydrogen-bond acceptors (Lipinski definition) is 6. The number of H-pyrrole nitrogens is 1. The molecule has 2 aliphatic rings. The maximum atomic E-state index is 13.2. The average molecular weight is 466 g/mol. The van der Waals surface area contributed by atoms with Crippen molar-refractivity contribution >= 4 is 23.0 Å². The Hall–Kier alpha value is -3.82. The number of benzene rings is 1. The van der Waals surface area contributed by atoms with Crippen molar-refractivity contribution in [3.05, 3.63) is 35.8 Å². The van der Waals surface area contributed by atoms with Gasteiger partial charge in [0.15, 0.2) is 0 Å². The molecule has 1 aliphatic heterocycles. The largest absolute Gasteiger partial charge is 0.497 e. The number of carbonyl (C=O) groups is 2. The number of nitrogens with zero attached hydrogens (tertiary/aromatic N) is 3. The van der Waals surface area contributed by atoms with Gasteiger partial charge in [0.25, 0.3) is 5.91 Å². The minimum absolute atomic E-state index is 0.241. The van der Waals surface area contributed by atoms with Gasteiger partial charge in [-0.05, 0) is 50.3 Å². The van der Waals surface area contributed by atoms with Crippen LogP contribution in [-0.4, -0.2) is 69.8 Å². The highest BCUT2D eigenvalue weighted by molar-refractivity contribution is 6.09. The molecule has 1 atom stereocenters. The summed E-state index contributed by atoms with van der Waals surface area (Å²) >= 11 is 0. The second kappa shape index (κ2) is 8.85. The van der Waals surface area contributed by atoms with Gasteiger partial charge in [-0.25, -0.2) is 14.8 Å². The van der Waals surface area contributed by atoms with Crippen LogP contribution in [0.25, 0.3) is 22.3 Å². The van der Waals surface area contributed by atoms with E-state index in [1.54, 1.807) is 7.11 Å². The highest BCUT2D eigenvalue weighted by atomic mass is 16.5. The maximum Gasteiger partial charge on any atom is 0.407 e. The number of methoxy groups -OCH3 is 1. The molecule has 0 bridgehead atoms. The fourth-order valence-corrected chi connectivity index (χ4v) is 4.35. The quantitative estimate of drug-likeness (QED) is 0.488. The number of carbonyl (C=O) groups excluding carboxylic acids is 1. The van der Waals surface area contributed by atoms with Crippen LogP contribution in [0.2, 0.25) is 0 Å². The van der Waals surface area contributed by atoms with Crippen LogP contribution in [0.5, 0.6) is 11.5 Å². The van der Waals surface area contributed by atoms with Crippen molar-refractivity contribution < 1.29 is 24.2 Å². The molecule has 2 aromatic heterocycles. The number of hydrogen-bond donors (Lipinski definition) is 3. The number of aryl methyl sites for hydroxylation is 1. The highest BCUT2D eigenvalue weighted by Gasteiger charge is 2.29. The zero-order chi connectivity index (χ0) is 23.8. The summed E-state index contributed by atoms with van der Waals surface area (Å²) in [7, 11) is 1.61. The number of aromatic amines is 1. The molecule has 0 radical (unpaired) electrons. The summed E-state index contributed by atoms with van der Waals surface area (Å²) in [6.07, 6.45) is 3.40. The Balaban J connectivity index is 1.48. The molecule has 0 unspecified atom stereocenters. The Labute approximate surface area is 196 Å². The van der Waals surface area contributed by atoms with Crippen LogP contribution in [0.15, 0.2) is 24.5 Å². The summed E-state index contributed by atoms with van der Waals surface area (Å²) in [5.74, 6) is 1.68. The van der Waals surface area contributed by atoms with Gasteiger partial charge in [0, 0.05) is 30.4 Å². The number of nitrogens with one attached hydrogen (secondary N) is 2. The average Bonchev–Trinajstić information content (AvgIpc) is 3.42. The van der Waals surface area contributed by atoms with E-state index in [4.69, 9.17) is 9.47 Å². The molecular formula is C24H27N5O5. The first-order valence-electron chi connectivity index (χ1n) is 11.4. The molecule has 5 rings (SSSR count). The van der Waals surface area contributed by atoms with E-state index in [1.165, 1.54) is 24.1 Å². The molecule has 0 spiro atoms. The SMILES string of the molecule is COc1ccc(OCC2CC2)c(-c2ncnc3c(C(=O)N[C@@H]4CCN(C(=O)O)C4)c(C)[nH]c23)c1. The standard InChI is InChI=1S/C24H27N5O5/c1-13-19(23(30)28-15-7-8-29(10-15)24(31)32)21-22(27-13)20(25-12-26-21)17-9-16(33-2)5-6-18(17)34-11-14-3-4-14/h5-6,9,12,14-15,27H,3-4,7-8,10-11H2,1-2H3,(H,28,30)(H,31,32)/t15-/m1/s1. The summed E-state index contributed by atoms with van der Waals surface area (Å²) in [5.41, 5.74) is 3.60. The Morgan fingerprint density at radius 2 is 2.09 bits per heavy atom. The molecular weight excluding hydrogens is 438 g/mol. The minimum Gasteiger partial charge on any atom is -0.497 e. The first kappa shape index (κ1) is 22.0. The Morgan fingerprint density at radius 3 is 2.79 bits per heavy atom. The van der Waals surface area contributed by atoms with E-state index in [0.717, 1.165) is 5.56 Å². The highest BCUT2D eigenvalue weighted by Crippen LogP contribution is 2.38. The third-order valence-electron chi connectivity index (χ3n) is 6.41.